The molecule has 200 valence electrons. The molecule has 39 heavy (non-hydrogen) atoms. The van der Waals surface area contributed by atoms with E-state index in [4.69, 9.17) is 9.47 Å². The summed E-state index contributed by atoms with van der Waals surface area (Å²) in [5.74, 6) is -1.72. The maximum atomic E-state index is 14.2. The first kappa shape index (κ1) is 25.4. The summed E-state index contributed by atoms with van der Waals surface area (Å²) in [5.41, 5.74) is 4.25. The Balaban J connectivity index is 1.23. The number of ether oxygens (including phenoxy) is 2. The lowest BCUT2D eigenvalue weighted by Gasteiger charge is -2.39. The van der Waals surface area contributed by atoms with E-state index in [0.717, 1.165) is 55.7 Å². The van der Waals surface area contributed by atoms with Crippen LogP contribution in [0.5, 0.6) is 5.75 Å². The molecule has 1 fully saturated rings. The Kier molecular flexibility index (Phi) is 6.74. The zero-order valence-electron chi connectivity index (χ0n) is 21.6. The van der Waals surface area contributed by atoms with E-state index in [0.29, 0.717) is 12.2 Å². The predicted molar refractivity (Wildman–Crippen MR) is 143 cm³/mol. The van der Waals surface area contributed by atoms with Crippen LogP contribution in [-0.2, 0) is 23.5 Å². The van der Waals surface area contributed by atoms with Crippen molar-refractivity contribution in [3.8, 4) is 5.75 Å². The number of aromatic nitrogens is 2. The first-order valence-electron chi connectivity index (χ1n) is 13.1. The molecule has 1 atom stereocenters. The molecule has 0 unspecified atom stereocenters. The lowest BCUT2D eigenvalue weighted by Crippen LogP contribution is -2.42. The van der Waals surface area contributed by atoms with E-state index in [1.807, 2.05) is 42.7 Å². The van der Waals surface area contributed by atoms with Crippen LogP contribution in [-0.4, -0.2) is 34.7 Å². The monoisotopic (exact) mass is 529 g/mol. The predicted octanol–water partition coefficient (Wildman–Crippen LogP) is 5.19. The Morgan fingerprint density at radius 3 is 2.54 bits per heavy atom. The summed E-state index contributed by atoms with van der Waals surface area (Å²) in [6, 6.07) is 16.4. The fraction of sp³-hybridized carbons (Fsp3) is 0.290. The maximum Gasteiger partial charge on any atom is 0.293 e. The second-order valence-corrected chi connectivity index (χ2v) is 10.2. The molecule has 0 bridgehead atoms. The number of methoxy groups -OCH3 is 1. The summed E-state index contributed by atoms with van der Waals surface area (Å²) in [5, 5.41) is 0. The van der Waals surface area contributed by atoms with Gasteiger partial charge in [0.1, 0.15) is 0 Å². The fourth-order valence-electron chi connectivity index (χ4n) is 5.85. The van der Waals surface area contributed by atoms with Crippen LogP contribution in [0.4, 0.5) is 8.78 Å². The molecule has 2 aromatic heterocycles. The summed E-state index contributed by atoms with van der Waals surface area (Å²) < 4.78 is 40.9. The largest absolute Gasteiger partial charge is 0.491 e. The van der Waals surface area contributed by atoms with Crippen molar-refractivity contribution in [1.29, 1.82) is 0 Å². The zero-order valence-corrected chi connectivity index (χ0v) is 21.6. The Labute approximate surface area is 225 Å². The molecule has 2 aliphatic rings. The molecule has 2 aliphatic heterocycles. The molecule has 0 aliphatic carbocycles. The van der Waals surface area contributed by atoms with Crippen molar-refractivity contribution >= 4 is 0 Å². The number of benzene rings is 2. The van der Waals surface area contributed by atoms with Gasteiger partial charge in [0.2, 0.25) is 0 Å². The third kappa shape index (κ3) is 4.75. The first-order chi connectivity index (χ1) is 19.0. The third-order valence-corrected chi connectivity index (χ3v) is 7.97. The van der Waals surface area contributed by atoms with Crippen LogP contribution in [0, 0.1) is 11.6 Å². The second-order valence-electron chi connectivity index (χ2n) is 10.2. The van der Waals surface area contributed by atoms with E-state index in [-0.39, 0.29) is 16.9 Å². The summed E-state index contributed by atoms with van der Waals surface area (Å²) >= 11 is 0. The van der Waals surface area contributed by atoms with Gasteiger partial charge in [-0.3, -0.25) is 14.7 Å². The molecule has 1 saturated heterocycles. The molecule has 0 amide bonds. The SMILES string of the molecule is COc1cccn([C@@H](c2ccc(CN3CCC4(CC3)OCc3ccncc34)cc2)c2ccc(F)c(F)c2)c1=O. The zero-order chi connectivity index (χ0) is 27.0. The minimum absolute atomic E-state index is 0.175. The van der Waals surface area contributed by atoms with Gasteiger partial charge in [0, 0.05) is 43.8 Å². The average molecular weight is 530 g/mol. The molecule has 8 heteroatoms. The first-order valence-corrected chi connectivity index (χ1v) is 13.1. The quantitative estimate of drug-likeness (QED) is 0.344. The molecular weight excluding hydrogens is 500 g/mol. The van der Waals surface area contributed by atoms with Crippen LogP contribution in [0.3, 0.4) is 0 Å². The summed E-state index contributed by atoms with van der Waals surface area (Å²) in [6.07, 6.45) is 7.24. The number of rotatable bonds is 6. The van der Waals surface area contributed by atoms with Crippen molar-refractivity contribution in [3.63, 3.8) is 0 Å². The van der Waals surface area contributed by atoms with Gasteiger partial charge in [-0.15, -0.1) is 0 Å². The topological polar surface area (TPSA) is 56.6 Å². The number of hydrogen-bond acceptors (Lipinski definition) is 5. The highest BCUT2D eigenvalue weighted by atomic mass is 19.2. The van der Waals surface area contributed by atoms with E-state index < -0.39 is 17.7 Å². The molecule has 4 heterocycles. The van der Waals surface area contributed by atoms with Crippen molar-refractivity contribution < 1.29 is 18.3 Å². The standard InChI is InChI=1S/C31H29F2N3O3/c1-38-28-3-2-14-36(30(28)37)29(23-8-9-26(32)27(33)17-23)22-6-4-21(5-7-22)19-35-15-11-31(12-16-35)25-18-34-13-10-24(25)20-39-31/h2-10,13-14,17-18,29H,11-12,15-16,19-20H2,1H3/t29-/m0/s1. The number of piperidine rings is 1. The maximum absolute atomic E-state index is 14.2. The van der Waals surface area contributed by atoms with Gasteiger partial charge in [-0.05, 0) is 65.4 Å². The van der Waals surface area contributed by atoms with Crippen LogP contribution in [0.25, 0.3) is 0 Å². The fourth-order valence-corrected chi connectivity index (χ4v) is 5.85. The molecule has 2 aromatic carbocycles. The number of halogens is 2. The second kappa shape index (κ2) is 10.4. The number of likely N-dealkylation sites (tertiary alicyclic amines) is 1. The minimum Gasteiger partial charge on any atom is -0.491 e. The van der Waals surface area contributed by atoms with Crippen molar-refractivity contribution in [1.82, 2.24) is 14.5 Å². The molecule has 1 spiro atoms. The van der Waals surface area contributed by atoms with Crippen molar-refractivity contribution in [2.75, 3.05) is 20.2 Å². The molecule has 4 aromatic rings. The number of hydrogen-bond donors (Lipinski definition) is 0. The van der Waals surface area contributed by atoms with Gasteiger partial charge in [-0.2, -0.15) is 0 Å². The van der Waals surface area contributed by atoms with Crippen molar-refractivity contribution in [2.24, 2.45) is 0 Å². The number of pyridine rings is 2. The van der Waals surface area contributed by atoms with Gasteiger partial charge in [0.15, 0.2) is 17.4 Å². The summed E-state index contributed by atoms with van der Waals surface area (Å²) in [7, 11) is 1.43. The molecule has 6 rings (SSSR count). The number of fused-ring (bicyclic) bond motifs is 2. The third-order valence-electron chi connectivity index (χ3n) is 7.97. The van der Waals surface area contributed by atoms with Gasteiger partial charge in [-0.1, -0.05) is 30.3 Å². The molecule has 6 nitrogen and oxygen atoms in total. The number of nitrogens with zero attached hydrogens (tertiary/aromatic N) is 3. The van der Waals surface area contributed by atoms with Gasteiger partial charge in [0.25, 0.3) is 5.56 Å². The normalized spacial score (nSPS) is 17.2. The van der Waals surface area contributed by atoms with E-state index in [1.54, 1.807) is 18.3 Å². The smallest absolute Gasteiger partial charge is 0.293 e. The van der Waals surface area contributed by atoms with Gasteiger partial charge < -0.3 is 14.0 Å². The van der Waals surface area contributed by atoms with E-state index in [2.05, 4.69) is 9.88 Å². The Bertz CT molecular complexity index is 1550. The van der Waals surface area contributed by atoms with Crippen LogP contribution in [0.2, 0.25) is 0 Å². The highest BCUT2D eigenvalue weighted by molar-refractivity contribution is 5.37. The van der Waals surface area contributed by atoms with Crippen LogP contribution < -0.4 is 10.3 Å². The van der Waals surface area contributed by atoms with Gasteiger partial charge in [-0.25, -0.2) is 8.78 Å². The van der Waals surface area contributed by atoms with Crippen molar-refractivity contribution in [2.45, 2.75) is 37.6 Å². The highest BCUT2D eigenvalue weighted by Gasteiger charge is 2.42. The van der Waals surface area contributed by atoms with E-state index in [1.165, 1.54) is 28.9 Å². The van der Waals surface area contributed by atoms with Gasteiger partial charge >= 0.3 is 0 Å². The summed E-state index contributed by atoms with van der Waals surface area (Å²) in [6.45, 7) is 3.25. The van der Waals surface area contributed by atoms with Crippen molar-refractivity contribution in [3.05, 3.63) is 129 Å². The lowest BCUT2D eigenvalue weighted by atomic mass is 9.84. The Morgan fingerprint density at radius 1 is 1.03 bits per heavy atom. The molecular formula is C31H29F2N3O3. The highest BCUT2D eigenvalue weighted by Crippen LogP contribution is 2.43. The van der Waals surface area contributed by atoms with Crippen LogP contribution in [0.15, 0.2) is 84.0 Å². The molecule has 0 N–H and O–H groups in total. The molecule has 0 saturated carbocycles. The Hall–Kier alpha value is -3.88. The average Bonchev–Trinajstić information content (AvgIpc) is 3.32. The van der Waals surface area contributed by atoms with E-state index in [9.17, 15) is 13.6 Å². The van der Waals surface area contributed by atoms with E-state index >= 15 is 0 Å². The Morgan fingerprint density at radius 2 is 1.79 bits per heavy atom. The molecule has 0 radical (unpaired) electrons. The van der Waals surface area contributed by atoms with Crippen LogP contribution in [0.1, 0.15) is 46.7 Å². The lowest BCUT2D eigenvalue weighted by molar-refractivity contribution is -0.0800. The summed E-state index contributed by atoms with van der Waals surface area (Å²) in [4.78, 5) is 19.8. The minimum atomic E-state index is -0.961. The van der Waals surface area contributed by atoms with Gasteiger partial charge in [0.05, 0.1) is 25.4 Å². The van der Waals surface area contributed by atoms with Crippen LogP contribution >= 0.6 is 0 Å².